The van der Waals surface area contributed by atoms with Crippen LogP contribution in [0.25, 0.3) is 12.2 Å². The van der Waals surface area contributed by atoms with Crippen molar-refractivity contribution in [3.8, 4) is 0 Å². The molecular formula is C48H52N4O10S2. The number of carbonyl (C=O) groups is 4. The molecule has 0 saturated carbocycles. The summed E-state index contributed by atoms with van der Waals surface area (Å²) >= 11 is 0. The highest BCUT2D eigenvalue weighted by molar-refractivity contribution is 7.91. The molecule has 6 rings (SSSR count). The third kappa shape index (κ3) is 10.3. The van der Waals surface area contributed by atoms with Gasteiger partial charge in [-0.2, -0.15) is 0 Å². The second kappa shape index (κ2) is 19.2. The Balaban J connectivity index is 1.36. The van der Waals surface area contributed by atoms with Crippen LogP contribution in [0.3, 0.4) is 0 Å². The quantitative estimate of drug-likeness (QED) is 0.132. The van der Waals surface area contributed by atoms with Gasteiger partial charge in [-0.15, -0.1) is 0 Å². The summed E-state index contributed by atoms with van der Waals surface area (Å²) in [6, 6.07) is 13.2. The Kier molecular flexibility index (Phi) is 14.1. The van der Waals surface area contributed by atoms with Crippen LogP contribution in [0.2, 0.25) is 0 Å². The van der Waals surface area contributed by atoms with Gasteiger partial charge in [-0.05, 0) is 137 Å². The summed E-state index contributed by atoms with van der Waals surface area (Å²) in [6.45, 7) is 10.8. The molecule has 0 unspecified atom stereocenters. The first kappa shape index (κ1) is 47.1. The molecule has 4 heterocycles. The van der Waals surface area contributed by atoms with E-state index in [0.29, 0.717) is 78.8 Å². The predicted octanol–water partition coefficient (Wildman–Crippen LogP) is 6.57. The molecule has 0 fully saturated rings. The first-order valence-electron chi connectivity index (χ1n) is 20.6. The third-order valence-corrected chi connectivity index (χ3v) is 15.3. The van der Waals surface area contributed by atoms with Crippen LogP contribution in [-0.2, 0) is 54.7 Å². The van der Waals surface area contributed by atoms with E-state index in [1.807, 2.05) is 27.7 Å². The molecule has 3 aliphatic heterocycles. The van der Waals surface area contributed by atoms with Crippen LogP contribution < -0.4 is 10.6 Å². The number of aryl methyl sites for hydroxylation is 2. The number of hydrogen-bond acceptors (Lipinski definition) is 11. The second-order valence-electron chi connectivity index (χ2n) is 16.0. The molecule has 16 heteroatoms. The van der Waals surface area contributed by atoms with Crippen molar-refractivity contribution >= 4 is 61.3 Å². The average Bonchev–Trinajstić information content (AvgIpc) is 3.90. The normalized spacial score (nSPS) is 17.6. The summed E-state index contributed by atoms with van der Waals surface area (Å²) in [7, 11) is -4.73. The number of sulfone groups is 2. The molecule has 14 nitrogen and oxygen atoms in total. The lowest BCUT2D eigenvalue weighted by molar-refractivity contribution is -0.141. The van der Waals surface area contributed by atoms with E-state index >= 15 is 0 Å². The van der Waals surface area contributed by atoms with E-state index in [1.54, 1.807) is 80.6 Å². The number of rotatable bonds is 16. The molecule has 0 atom stereocenters. The number of aromatic nitrogens is 1. The van der Waals surface area contributed by atoms with Crippen LogP contribution in [-0.4, -0.2) is 77.0 Å². The lowest BCUT2D eigenvalue weighted by atomic mass is 9.98. The number of methoxy groups -OCH3 is 2. The minimum atomic E-state index is -3.67. The van der Waals surface area contributed by atoms with Gasteiger partial charge in [0, 0.05) is 40.3 Å². The van der Waals surface area contributed by atoms with E-state index in [2.05, 4.69) is 15.6 Å². The van der Waals surface area contributed by atoms with Crippen LogP contribution >= 0.6 is 0 Å². The number of benzene rings is 2. The fourth-order valence-corrected chi connectivity index (χ4v) is 10.2. The van der Waals surface area contributed by atoms with Gasteiger partial charge in [0.1, 0.15) is 0 Å². The first-order chi connectivity index (χ1) is 30.2. The molecule has 0 aliphatic carbocycles. The van der Waals surface area contributed by atoms with Gasteiger partial charge in [-0.3, -0.25) is 19.2 Å². The zero-order valence-electron chi connectivity index (χ0n) is 37.1. The number of ether oxygens (including phenoxy) is 2. The van der Waals surface area contributed by atoms with Crippen LogP contribution in [0.15, 0.2) is 120 Å². The van der Waals surface area contributed by atoms with Gasteiger partial charge in [0.25, 0.3) is 11.8 Å². The van der Waals surface area contributed by atoms with E-state index < -0.39 is 37.5 Å². The van der Waals surface area contributed by atoms with Gasteiger partial charge in [0.2, 0.25) is 0 Å². The highest BCUT2D eigenvalue weighted by Crippen LogP contribution is 2.36. The zero-order valence-corrected chi connectivity index (χ0v) is 38.8. The standard InChI is InChI=1S/C48H52N4O10S2/c1-27-9-13-33(14-10-27)63(57,58)21-19-36-32(6)47(55)52-43(36)25-40-29(3)35(17-18-45(53)61-7)42(49-40)26-44-38(23-46(54)62-8)31(5)39(50-44)24-41-30(4)37(48(56)51-41)20-22-64(59,60)34-15-11-28(2)12-16-34/h9-16,24-26,50H,17-23H2,1-8H3,(H,51,56)(H,52,55)/b41-24-,42-26-,43-25-. The maximum atomic E-state index is 13.3. The van der Waals surface area contributed by atoms with Crippen LogP contribution in [0.1, 0.15) is 80.1 Å². The molecule has 64 heavy (non-hydrogen) atoms. The Morgan fingerprint density at radius 1 is 0.609 bits per heavy atom. The van der Waals surface area contributed by atoms with Crippen molar-refractivity contribution in [3.05, 3.63) is 139 Å². The van der Waals surface area contributed by atoms with Crippen molar-refractivity contribution in [2.75, 3.05) is 25.7 Å². The van der Waals surface area contributed by atoms with Crippen LogP contribution in [0.4, 0.5) is 0 Å². The van der Waals surface area contributed by atoms with Gasteiger partial charge in [0.15, 0.2) is 19.7 Å². The molecule has 2 amide bonds. The van der Waals surface area contributed by atoms with Crippen molar-refractivity contribution in [2.45, 2.75) is 83.4 Å². The average molecular weight is 909 g/mol. The lowest BCUT2D eigenvalue weighted by Gasteiger charge is -2.09. The van der Waals surface area contributed by atoms with E-state index in [9.17, 15) is 36.0 Å². The Morgan fingerprint density at radius 2 is 1.16 bits per heavy atom. The number of aromatic amines is 1. The summed E-state index contributed by atoms with van der Waals surface area (Å²) in [5, 5.41) is 5.74. The third-order valence-electron chi connectivity index (χ3n) is 11.8. The molecule has 3 N–H and O–H groups in total. The summed E-state index contributed by atoms with van der Waals surface area (Å²) in [4.78, 5) is 60.1. The number of nitrogens with zero attached hydrogens (tertiary/aromatic N) is 1. The predicted molar refractivity (Wildman–Crippen MR) is 244 cm³/mol. The molecule has 0 bridgehead atoms. The Morgan fingerprint density at radius 3 is 1.72 bits per heavy atom. The van der Waals surface area contributed by atoms with Crippen LogP contribution in [0, 0.1) is 20.8 Å². The fourth-order valence-electron chi connectivity index (χ4n) is 7.69. The van der Waals surface area contributed by atoms with E-state index in [-0.39, 0.29) is 59.3 Å². The Hall–Kier alpha value is -6.39. The molecular weight excluding hydrogens is 857 g/mol. The van der Waals surface area contributed by atoms with Crippen molar-refractivity contribution < 1.29 is 45.5 Å². The van der Waals surface area contributed by atoms with Crippen molar-refractivity contribution in [1.29, 1.82) is 0 Å². The summed E-state index contributed by atoms with van der Waals surface area (Å²) in [5.41, 5.74) is 9.31. The topological polar surface area (TPSA) is 207 Å². The number of esters is 2. The molecule has 0 saturated heterocycles. The smallest absolute Gasteiger partial charge is 0.310 e. The number of nitrogens with one attached hydrogen (secondary N) is 3. The minimum Gasteiger partial charge on any atom is -0.469 e. The Labute approximate surface area is 373 Å². The maximum absolute atomic E-state index is 13.3. The number of allylic oxidation sites excluding steroid dienone is 5. The van der Waals surface area contributed by atoms with Crippen molar-refractivity contribution in [2.24, 2.45) is 4.99 Å². The van der Waals surface area contributed by atoms with Gasteiger partial charge < -0.3 is 25.1 Å². The number of hydrogen-bond donors (Lipinski definition) is 3. The number of H-pyrrole nitrogens is 1. The highest BCUT2D eigenvalue weighted by Gasteiger charge is 2.30. The molecule has 3 aromatic rings. The van der Waals surface area contributed by atoms with E-state index in [4.69, 9.17) is 14.5 Å². The van der Waals surface area contributed by atoms with E-state index in [0.717, 1.165) is 11.1 Å². The van der Waals surface area contributed by atoms with Gasteiger partial charge in [-0.25, -0.2) is 21.8 Å². The molecule has 0 radical (unpaired) electrons. The van der Waals surface area contributed by atoms with Crippen molar-refractivity contribution in [3.63, 3.8) is 0 Å². The Bertz CT molecular complexity index is 2910. The number of aliphatic imine (C=N–C) groups is 1. The first-order valence-corrected chi connectivity index (χ1v) is 23.9. The summed E-state index contributed by atoms with van der Waals surface area (Å²) in [6.07, 6.45) is 5.43. The zero-order chi connectivity index (χ0) is 46.7. The molecule has 1 aromatic heterocycles. The highest BCUT2D eigenvalue weighted by atomic mass is 32.2. The summed E-state index contributed by atoms with van der Waals surface area (Å²) < 4.78 is 62.8. The summed E-state index contributed by atoms with van der Waals surface area (Å²) in [5.74, 6) is -2.17. The number of amides is 2. The number of carbonyl (C=O) groups excluding carboxylic acids is 4. The maximum Gasteiger partial charge on any atom is 0.310 e. The molecule has 3 aliphatic rings. The minimum absolute atomic E-state index is 0.00343. The van der Waals surface area contributed by atoms with Gasteiger partial charge in [0.05, 0.1) is 53.3 Å². The van der Waals surface area contributed by atoms with Gasteiger partial charge >= 0.3 is 11.9 Å². The van der Waals surface area contributed by atoms with Crippen molar-refractivity contribution in [1.82, 2.24) is 15.6 Å². The SMILES string of the molecule is COC(=O)CCC1=C(C)C(/C=C2\NC(=O)C(C)=C2CCS(=O)(=O)c2ccc(C)cc2)=NC/1=C\c1[nH]c(/C=C2\NC(=O)C(CCS(=O)(=O)c3ccc(C)cc3)=C2C)c(C)c1CC(=O)OC. The molecule has 2 aromatic carbocycles. The fraction of sp³-hybridized carbons (Fsp3) is 0.312. The van der Waals surface area contributed by atoms with E-state index in [1.165, 1.54) is 14.2 Å². The largest absolute Gasteiger partial charge is 0.469 e. The second-order valence-corrected chi connectivity index (χ2v) is 20.2. The van der Waals surface area contributed by atoms with Gasteiger partial charge in [-0.1, -0.05) is 35.4 Å². The lowest BCUT2D eigenvalue weighted by Crippen LogP contribution is -2.18. The van der Waals surface area contributed by atoms with Crippen LogP contribution in [0.5, 0.6) is 0 Å². The molecule has 0 spiro atoms. The monoisotopic (exact) mass is 908 g/mol. The molecule has 336 valence electrons.